The number of rotatable bonds is 10. The van der Waals surface area contributed by atoms with Crippen LogP contribution >= 0.6 is 27.5 Å². The largest absolute Gasteiger partial charge is 0.483 e. The first kappa shape index (κ1) is 26.0. The van der Waals surface area contributed by atoms with Crippen LogP contribution in [0.1, 0.15) is 39.2 Å². The molecule has 3 rings (SSSR count). The molecule has 3 aromatic rings. The third-order valence-electron chi connectivity index (χ3n) is 5.83. The molecular weight excluding hydrogens is 516 g/mol. The Bertz CT molecular complexity index is 1140. The molecule has 0 unspecified atom stereocenters. The van der Waals surface area contributed by atoms with Gasteiger partial charge in [0.25, 0.3) is 5.91 Å². The van der Waals surface area contributed by atoms with E-state index in [1.807, 2.05) is 69.3 Å². The number of benzene rings is 3. The Kier molecular flexibility index (Phi) is 9.36. The van der Waals surface area contributed by atoms with Crippen molar-refractivity contribution < 1.29 is 14.3 Å². The van der Waals surface area contributed by atoms with Gasteiger partial charge in [0.05, 0.1) is 4.47 Å². The minimum absolute atomic E-state index is 0.0267. The van der Waals surface area contributed by atoms with Gasteiger partial charge in [-0.1, -0.05) is 67.9 Å². The van der Waals surface area contributed by atoms with Gasteiger partial charge in [0, 0.05) is 17.6 Å². The summed E-state index contributed by atoms with van der Waals surface area (Å²) in [6.07, 6.45) is 1.30. The Morgan fingerprint density at radius 3 is 2.41 bits per heavy atom. The second-order valence-corrected chi connectivity index (χ2v) is 9.51. The summed E-state index contributed by atoms with van der Waals surface area (Å²) in [4.78, 5) is 28.0. The first-order valence-electron chi connectivity index (χ1n) is 11.5. The Hall–Kier alpha value is -2.57. The highest BCUT2D eigenvalue weighted by Crippen LogP contribution is 2.33. The molecular formula is C27H30BrClN2O3. The number of hydrogen-bond donors (Lipinski definition) is 1. The summed E-state index contributed by atoms with van der Waals surface area (Å²) in [5.74, 6) is 0.155. The molecule has 1 N–H and O–H groups in total. The quantitative estimate of drug-likeness (QED) is 0.323. The third-order valence-corrected chi connectivity index (χ3v) is 6.90. The molecule has 0 aromatic heterocycles. The predicted octanol–water partition coefficient (Wildman–Crippen LogP) is 6.36. The van der Waals surface area contributed by atoms with Crippen molar-refractivity contribution in [1.82, 2.24) is 10.2 Å². The molecule has 180 valence electrons. The first-order valence-corrected chi connectivity index (χ1v) is 12.6. The third kappa shape index (κ3) is 6.51. The molecule has 0 radical (unpaired) electrons. The fourth-order valence-corrected chi connectivity index (χ4v) is 4.43. The summed E-state index contributed by atoms with van der Waals surface area (Å²) in [6.45, 7) is 5.97. The van der Waals surface area contributed by atoms with Crippen molar-refractivity contribution >= 4 is 50.1 Å². The van der Waals surface area contributed by atoms with Gasteiger partial charge in [-0.15, -0.1) is 0 Å². The lowest BCUT2D eigenvalue weighted by molar-refractivity contribution is -0.143. The number of halogens is 2. The lowest BCUT2D eigenvalue weighted by Gasteiger charge is -2.31. The van der Waals surface area contributed by atoms with Gasteiger partial charge in [-0.2, -0.15) is 0 Å². The van der Waals surface area contributed by atoms with Gasteiger partial charge in [-0.05, 0) is 70.2 Å². The van der Waals surface area contributed by atoms with E-state index in [4.69, 9.17) is 16.3 Å². The Morgan fingerprint density at radius 1 is 1.03 bits per heavy atom. The van der Waals surface area contributed by atoms with E-state index in [9.17, 15) is 9.59 Å². The van der Waals surface area contributed by atoms with Crippen LogP contribution in [-0.4, -0.2) is 35.4 Å². The van der Waals surface area contributed by atoms with Crippen LogP contribution in [-0.2, 0) is 16.1 Å². The summed E-state index contributed by atoms with van der Waals surface area (Å²) < 4.78 is 6.73. The number of nitrogens with one attached hydrogen (secondary N) is 1. The zero-order valence-corrected chi connectivity index (χ0v) is 22.0. The maximum atomic E-state index is 13.4. The molecule has 0 fully saturated rings. The van der Waals surface area contributed by atoms with Crippen LogP contribution in [0.3, 0.4) is 0 Å². The van der Waals surface area contributed by atoms with Gasteiger partial charge in [0.1, 0.15) is 11.8 Å². The Labute approximate surface area is 214 Å². The normalized spacial score (nSPS) is 12.7. The Morgan fingerprint density at radius 2 is 1.74 bits per heavy atom. The van der Waals surface area contributed by atoms with Crippen molar-refractivity contribution in [3.63, 3.8) is 0 Å². The summed E-state index contributed by atoms with van der Waals surface area (Å²) in [5, 5.41) is 5.71. The number of carbonyl (C=O) groups is 2. The van der Waals surface area contributed by atoms with Crippen LogP contribution in [0.15, 0.2) is 65.1 Å². The number of hydrogen-bond acceptors (Lipinski definition) is 3. The minimum Gasteiger partial charge on any atom is -0.483 e. The van der Waals surface area contributed by atoms with E-state index >= 15 is 0 Å². The van der Waals surface area contributed by atoms with Crippen molar-refractivity contribution in [2.75, 3.05) is 6.61 Å². The lowest BCUT2D eigenvalue weighted by atomic mass is 10.1. The van der Waals surface area contributed by atoms with E-state index in [1.54, 1.807) is 17.0 Å². The summed E-state index contributed by atoms with van der Waals surface area (Å²) in [5.41, 5.74) is 0.888. The predicted molar refractivity (Wildman–Crippen MR) is 141 cm³/mol. The van der Waals surface area contributed by atoms with Crippen molar-refractivity contribution in [2.45, 2.75) is 52.2 Å². The molecule has 7 heteroatoms. The minimum atomic E-state index is -0.610. The van der Waals surface area contributed by atoms with E-state index in [-0.39, 0.29) is 31.0 Å². The molecule has 34 heavy (non-hydrogen) atoms. The molecule has 0 aliphatic carbocycles. The second-order valence-electron chi connectivity index (χ2n) is 8.28. The average molecular weight is 546 g/mol. The SMILES string of the molecule is CC[C@H](C)NC(=O)[C@H](CC)N(Cc1ccc(Cl)cc1)C(=O)COc1ccc2ccccc2c1Br. The van der Waals surface area contributed by atoms with E-state index in [1.165, 1.54) is 0 Å². The number of nitrogens with zero attached hydrogens (tertiary/aromatic N) is 1. The van der Waals surface area contributed by atoms with Crippen LogP contribution < -0.4 is 10.1 Å². The highest BCUT2D eigenvalue weighted by Gasteiger charge is 2.29. The molecule has 0 aliphatic heterocycles. The highest BCUT2D eigenvalue weighted by atomic mass is 79.9. The van der Waals surface area contributed by atoms with Gasteiger partial charge in [-0.25, -0.2) is 0 Å². The van der Waals surface area contributed by atoms with Gasteiger partial charge in [0.15, 0.2) is 6.61 Å². The lowest BCUT2D eigenvalue weighted by Crippen LogP contribution is -2.51. The van der Waals surface area contributed by atoms with E-state index in [0.29, 0.717) is 17.2 Å². The zero-order valence-electron chi connectivity index (χ0n) is 19.7. The maximum Gasteiger partial charge on any atom is 0.261 e. The van der Waals surface area contributed by atoms with Crippen LogP contribution in [0.4, 0.5) is 0 Å². The van der Waals surface area contributed by atoms with Gasteiger partial charge < -0.3 is 15.0 Å². The van der Waals surface area contributed by atoms with Gasteiger partial charge in [-0.3, -0.25) is 9.59 Å². The fourth-order valence-electron chi connectivity index (χ4n) is 3.69. The maximum absolute atomic E-state index is 13.4. The summed E-state index contributed by atoms with van der Waals surface area (Å²) >= 11 is 9.63. The van der Waals surface area contributed by atoms with Crippen molar-refractivity contribution in [3.8, 4) is 5.75 Å². The highest BCUT2D eigenvalue weighted by molar-refractivity contribution is 9.10. The molecule has 0 saturated carbocycles. The molecule has 0 bridgehead atoms. The van der Waals surface area contributed by atoms with E-state index < -0.39 is 6.04 Å². The summed E-state index contributed by atoms with van der Waals surface area (Å²) in [7, 11) is 0. The van der Waals surface area contributed by atoms with Gasteiger partial charge >= 0.3 is 0 Å². The summed E-state index contributed by atoms with van der Waals surface area (Å²) in [6, 6.07) is 18.4. The smallest absolute Gasteiger partial charge is 0.261 e. The number of fused-ring (bicyclic) bond motifs is 1. The van der Waals surface area contributed by atoms with E-state index in [0.717, 1.165) is 27.2 Å². The molecule has 0 spiro atoms. The number of amides is 2. The first-order chi connectivity index (χ1) is 16.3. The molecule has 2 atom stereocenters. The number of carbonyl (C=O) groups excluding carboxylic acids is 2. The Balaban J connectivity index is 1.82. The molecule has 3 aromatic carbocycles. The molecule has 0 heterocycles. The van der Waals surface area contributed by atoms with Crippen LogP contribution in [0, 0.1) is 0 Å². The zero-order chi connectivity index (χ0) is 24.7. The standard InChI is InChI=1S/C27H30BrClN2O3/c1-4-18(3)30-27(33)23(5-2)31(16-19-10-13-21(29)14-11-19)25(32)17-34-24-15-12-20-8-6-7-9-22(20)26(24)28/h6-15,18,23H,4-5,16-17H2,1-3H3,(H,30,33)/t18-,23-/m0/s1. The second kappa shape index (κ2) is 12.2. The van der Waals surface area contributed by atoms with Crippen LogP contribution in [0.5, 0.6) is 5.75 Å². The fraction of sp³-hybridized carbons (Fsp3) is 0.333. The topological polar surface area (TPSA) is 58.6 Å². The van der Waals surface area contributed by atoms with Gasteiger partial charge in [0.2, 0.25) is 5.91 Å². The average Bonchev–Trinajstić information content (AvgIpc) is 2.84. The molecule has 2 amide bonds. The van der Waals surface area contributed by atoms with Crippen LogP contribution in [0.25, 0.3) is 10.8 Å². The van der Waals surface area contributed by atoms with Crippen molar-refractivity contribution in [2.24, 2.45) is 0 Å². The van der Waals surface area contributed by atoms with E-state index in [2.05, 4.69) is 21.2 Å². The van der Waals surface area contributed by atoms with Crippen molar-refractivity contribution in [1.29, 1.82) is 0 Å². The van der Waals surface area contributed by atoms with Crippen LogP contribution in [0.2, 0.25) is 5.02 Å². The molecule has 0 aliphatic rings. The molecule has 5 nitrogen and oxygen atoms in total. The monoisotopic (exact) mass is 544 g/mol. The number of ether oxygens (including phenoxy) is 1. The van der Waals surface area contributed by atoms with Crippen molar-refractivity contribution in [3.05, 3.63) is 75.7 Å². The molecule has 0 saturated heterocycles.